The van der Waals surface area contributed by atoms with Gasteiger partial charge in [-0.1, -0.05) is 35.9 Å². The lowest BCUT2D eigenvalue weighted by Gasteiger charge is -2.26. The monoisotopic (exact) mass is 210 g/mol. The summed E-state index contributed by atoms with van der Waals surface area (Å²) in [5.74, 6) is 0.776. The number of fused-ring (bicyclic) bond motifs is 2. The molecule has 0 nitrogen and oxygen atoms in total. The zero-order valence-corrected chi connectivity index (χ0v) is 10.1. The van der Waals surface area contributed by atoms with Crippen molar-refractivity contribution in [1.82, 2.24) is 0 Å². The Morgan fingerprint density at radius 3 is 2.94 bits per heavy atom. The molecule has 1 unspecified atom stereocenters. The van der Waals surface area contributed by atoms with Crippen LogP contribution in [0.2, 0.25) is 0 Å². The third-order valence-corrected chi connectivity index (χ3v) is 3.99. The van der Waals surface area contributed by atoms with E-state index in [1.54, 1.807) is 11.1 Å². The fraction of sp³-hybridized carbons (Fsp3) is 0.375. The molecule has 2 aliphatic rings. The van der Waals surface area contributed by atoms with E-state index in [0.717, 1.165) is 5.92 Å². The van der Waals surface area contributed by atoms with Gasteiger partial charge in [-0.05, 0) is 60.6 Å². The van der Waals surface area contributed by atoms with E-state index < -0.39 is 0 Å². The van der Waals surface area contributed by atoms with Crippen molar-refractivity contribution in [3.8, 4) is 0 Å². The van der Waals surface area contributed by atoms with Crippen LogP contribution in [0.5, 0.6) is 0 Å². The van der Waals surface area contributed by atoms with Crippen molar-refractivity contribution in [3.63, 3.8) is 0 Å². The molecule has 3 rings (SSSR count). The SMILES string of the molecule is CC1=c2cccc(C)c2=C2C=CCCC2C1. The Labute approximate surface area is 97.0 Å². The van der Waals surface area contributed by atoms with Gasteiger partial charge in [-0.3, -0.25) is 0 Å². The summed E-state index contributed by atoms with van der Waals surface area (Å²) in [6, 6.07) is 6.71. The Kier molecular flexibility index (Phi) is 2.24. The summed E-state index contributed by atoms with van der Waals surface area (Å²) in [5.41, 5.74) is 4.59. The molecular formula is C16H18. The van der Waals surface area contributed by atoms with E-state index in [1.807, 2.05) is 0 Å². The Morgan fingerprint density at radius 1 is 1.19 bits per heavy atom. The summed E-state index contributed by atoms with van der Waals surface area (Å²) >= 11 is 0. The van der Waals surface area contributed by atoms with Gasteiger partial charge < -0.3 is 0 Å². The highest BCUT2D eigenvalue weighted by Crippen LogP contribution is 2.31. The summed E-state index contributed by atoms with van der Waals surface area (Å²) in [6.45, 7) is 4.54. The minimum absolute atomic E-state index is 0.776. The minimum Gasteiger partial charge on any atom is -0.0842 e. The molecule has 0 spiro atoms. The van der Waals surface area contributed by atoms with Gasteiger partial charge in [0.05, 0.1) is 0 Å². The summed E-state index contributed by atoms with van der Waals surface area (Å²) in [6.07, 6.45) is 8.55. The zero-order chi connectivity index (χ0) is 11.1. The van der Waals surface area contributed by atoms with Crippen molar-refractivity contribution in [2.45, 2.75) is 33.1 Å². The molecule has 0 heterocycles. The van der Waals surface area contributed by atoms with Crippen LogP contribution in [0.15, 0.2) is 30.4 Å². The Bertz CT molecular complexity index is 573. The molecule has 82 valence electrons. The van der Waals surface area contributed by atoms with Gasteiger partial charge in [0.15, 0.2) is 0 Å². The van der Waals surface area contributed by atoms with Crippen molar-refractivity contribution >= 4 is 11.1 Å². The molecule has 0 aromatic heterocycles. The summed E-state index contributed by atoms with van der Waals surface area (Å²) in [4.78, 5) is 0. The second-order valence-corrected chi connectivity index (χ2v) is 5.11. The van der Waals surface area contributed by atoms with Crippen LogP contribution in [0.3, 0.4) is 0 Å². The maximum absolute atomic E-state index is 2.37. The van der Waals surface area contributed by atoms with Crippen molar-refractivity contribution in [3.05, 3.63) is 46.4 Å². The highest BCUT2D eigenvalue weighted by atomic mass is 14.2. The molecule has 0 saturated heterocycles. The molecule has 1 aromatic carbocycles. The van der Waals surface area contributed by atoms with Crippen LogP contribution < -0.4 is 10.4 Å². The Balaban J connectivity index is 2.48. The van der Waals surface area contributed by atoms with Gasteiger partial charge in [-0.15, -0.1) is 0 Å². The van der Waals surface area contributed by atoms with Crippen LogP contribution >= 0.6 is 0 Å². The molecule has 2 aliphatic carbocycles. The number of rotatable bonds is 0. The van der Waals surface area contributed by atoms with Gasteiger partial charge in [0.2, 0.25) is 0 Å². The van der Waals surface area contributed by atoms with Crippen molar-refractivity contribution in [2.24, 2.45) is 5.92 Å². The van der Waals surface area contributed by atoms with Crippen LogP contribution in [-0.2, 0) is 0 Å². The second kappa shape index (κ2) is 3.62. The van der Waals surface area contributed by atoms with E-state index in [1.165, 1.54) is 35.3 Å². The first-order chi connectivity index (χ1) is 7.77. The topological polar surface area (TPSA) is 0 Å². The summed E-state index contributed by atoms with van der Waals surface area (Å²) < 4.78 is 0. The maximum atomic E-state index is 2.37. The lowest BCUT2D eigenvalue weighted by molar-refractivity contribution is 0.610. The van der Waals surface area contributed by atoms with Gasteiger partial charge in [-0.25, -0.2) is 0 Å². The highest BCUT2D eigenvalue weighted by Gasteiger charge is 2.20. The fourth-order valence-electron chi connectivity index (χ4n) is 3.18. The lowest BCUT2D eigenvalue weighted by atomic mass is 9.78. The molecule has 0 amide bonds. The number of aryl methyl sites for hydroxylation is 1. The van der Waals surface area contributed by atoms with E-state index >= 15 is 0 Å². The second-order valence-electron chi connectivity index (χ2n) is 5.11. The summed E-state index contributed by atoms with van der Waals surface area (Å²) in [5, 5.41) is 3.00. The zero-order valence-electron chi connectivity index (χ0n) is 10.1. The average molecular weight is 210 g/mol. The van der Waals surface area contributed by atoms with Crippen LogP contribution in [0.1, 0.15) is 31.7 Å². The number of allylic oxidation sites excluding steroid dienone is 2. The smallest absolute Gasteiger partial charge is 0.0115 e. The first-order valence-corrected chi connectivity index (χ1v) is 6.23. The quantitative estimate of drug-likeness (QED) is 0.617. The number of benzene rings is 1. The van der Waals surface area contributed by atoms with E-state index in [0.29, 0.717) is 0 Å². The molecule has 16 heavy (non-hydrogen) atoms. The normalized spacial score (nSPS) is 23.0. The molecular weight excluding hydrogens is 192 g/mol. The first kappa shape index (κ1) is 9.89. The standard InChI is InChI=1S/C16H18/c1-11-6-5-9-14-12(2)10-13-7-3-4-8-15(13)16(11)14/h4-6,8-9,13H,3,7,10H2,1-2H3. The molecule has 0 radical (unpaired) electrons. The highest BCUT2D eigenvalue weighted by molar-refractivity contribution is 5.67. The number of hydrogen-bond donors (Lipinski definition) is 0. The molecule has 0 heteroatoms. The van der Waals surface area contributed by atoms with Gasteiger partial charge in [0.25, 0.3) is 0 Å². The van der Waals surface area contributed by atoms with E-state index in [2.05, 4.69) is 44.2 Å². The maximum Gasteiger partial charge on any atom is -0.0115 e. The van der Waals surface area contributed by atoms with Gasteiger partial charge >= 0.3 is 0 Å². The van der Waals surface area contributed by atoms with Crippen molar-refractivity contribution in [2.75, 3.05) is 0 Å². The third-order valence-electron chi connectivity index (χ3n) is 3.99. The molecule has 1 atom stereocenters. The predicted octanol–water partition coefficient (Wildman–Crippen LogP) is 2.69. The third kappa shape index (κ3) is 1.36. The van der Waals surface area contributed by atoms with Crippen molar-refractivity contribution < 1.29 is 0 Å². The van der Waals surface area contributed by atoms with Crippen LogP contribution in [-0.4, -0.2) is 0 Å². The Hall–Kier alpha value is -1.30. The molecule has 0 fully saturated rings. The lowest BCUT2D eigenvalue weighted by Crippen LogP contribution is -2.37. The average Bonchev–Trinajstić information content (AvgIpc) is 2.30. The van der Waals surface area contributed by atoms with Crippen LogP contribution in [0, 0.1) is 12.8 Å². The molecule has 0 N–H and O–H groups in total. The van der Waals surface area contributed by atoms with Crippen LogP contribution in [0.25, 0.3) is 11.1 Å². The summed E-state index contributed by atoms with van der Waals surface area (Å²) in [7, 11) is 0. The van der Waals surface area contributed by atoms with Crippen LogP contribution in [0.4, 0.5) is 0 Å². The fourth-order valence-corrected chi connectivity index (χ4v) is 3.18. The molecule has 0 saturated carbocycles. The van der Waals surface area contributed by atoms with E-state index in [-0.39, 0.29) is 0 Å². The van der Waals surface area contributed by atoms with E-state index in [4.69, 9.17) is 0 Å². The molecule has 0 aliphatic heterocycles. The van der Waals surface area contributed by atoms with Crippen molar-refractivity contribution in [1.29, 1.82) is 0 Å². The van der Waals surface area contributed by atoms with E-state index in [9.17, 15) is 0 Å². The largest absolute Gasteiger partial charge is 0.0842 e. The number of hydrogen-bond acceptors (Lipinski definition) is 0. The molecule has 0 bridgehead atoms. The first-order valence-electron chi connectivity index (χ1n) is 6.23. The Morgan fingerprint density at radius 2 is 2.06 bits per heavy atom. The van der Waals surface area contributed by atoms with Gasteiger partial charge in [0, 0.05) is 0 Å². The predicted molar refractivity (Wildman–Crippen MR) is 69.4 cm³/mol. The minimum atomic E-state index is 0.776. The van der Waals surface area contributed by atoms with Gasteiger partial charge in [-0.2, -0.15) is 0 Å². The van der Waals surface area contributed by atoms with Gasteiger partial charge in [0.1, 0.15) is 0 Å². The molecule has 1 aromatic rings.